The third kappa shape index (κ3) is 4.64. The zero-order valence-electron chi connectivity index (χ0n) is 11.9. The summed E-state index contributed by atoms with van der Waals surface area (Å²) in [7, 11) is 0. The molecule has 0 unspecified atom stereocenters. The van der Waals surface area contributed by atoms with Gasteiger partial charge in [0.15, 0.2) is 12.5 Å². The Hall–Kier alpha value is -1.91. The van der Waals surface area contributed by atoms with Crippen LogP contribution in [0.25, 0.3) is 0 Å². The maximum atomic E-state index is 12.3. The quantitative estimate of drug-likeness (QED) is 0.867. The second kappa shape index (κ2) is 6.50. The van der Waals surface area contributed by atoms with Crippen LogP contribution >= 0.6 is 0 Å². The molecule has 4 nitrogen and oxygen atoms in total. The summed E-state index contributed by atoms with van der Waals surface area (Å²) in [5, 5.41) is 11.6. The molecule has 0 bridgehead atoms. The summed E-state index contributed by atoms with van der Waals surface area (Å²) >= 11 is 0. The van der Waals surface area contributed by atoms with Crippen LogP contribution in [0.4, 0.5) is 4.39 Å². The molecule has 1 amide bonds. The molecule has 0 saturated heterocycles. The van der Waals surface area contributed by atoms with Crippen molar-refractivity contribution in [3.8, 4) is 5.75 Å². The molecule has 0 aliphatic carbocycles. The van der Waals surface area contributed by atoms with Crippen LogP contribution in [0, 0.1) is 5.41 Å². The third-order valence-electron chi connectivity index (χ3n) is 2.89. The Balaban J connectivity index is 2.90. The molecule has 110 valence electrons. The number of phenols is 1. The van der Waals surface area contributed by atoms with Gasteiger partial charge < -0.3 is 10.4 Å². The Morgan fingerprint density at radius 1 is 1.25 bits per heavy atom. The molecule has 0 aliphatic heterocycles. The predicted molar refractivity (Wildman–Crippen MR) is 74.2 cm³/mol. The van der Waals surface area contributed by atoms with Crippen LogP contribution in [-0.4, -0.2) is 29.5 Å². The lowest BCUT2D eigenvalue weighted by atomic mass is 9.84. The van der Waals surface area contributed by atoms with Gasteiger partial charge in [-0.1, -0.05) is 32.9 Å². The molecular formula is C15H20FNO3. The van der Waals surface area contributed by atoms with E-state index in [1.165, 1.54) is 12.1 Å². The van der Waals surface area contributed by atoms with Crippen molar-refractivity contribution >= 4 is 11.7 Å². The van der Waals surface area contributed by atoms with Crippen LogP contribution in [0.3, 0.4) is 0 Å². The van der Waals surface area contributed by atoms with Crippen molar-refractivity contribution < 1.29 is 19.1 Å². The number of carbonyl (C=O) groups excluding carboxylic acids is 2. The average Bonchev–Trinajstić information content (AvgIpc) is 2.38. The number of aromatic hydroxyl groups is 1. The first-order valence-electron chi connectivity index (χ1n) is 6.41. The highest BCUT2D eigenvalue weighted by Gasteiger charge is 2.30. The van der Waals surface area contributed by atoms with Crippen molar-refractivity contribution in [1.29, 1.82) is 0 Å². The van der Waals surface area contributed by atoms with E-state index in [1.54, 1.807) is 32.9 Å². The van der Waals surface area contributed by atoms with Crippen LogP contribution < -0.4 is 5.32 Å². The summed E-state index contributed by atoms with van der Waals surface area (Å²) in [6.45, 7) is 4.10. The number of phenolic OH excluding ortho intramolecular Hbond substituents is 1. The summed E-state index contributed by atoms with van der Waals surface area (Å²) in [5.74, 6) is -0.834. The fourth-order valence-corrected chi connectivity index (χ4v) is 1.83. The van der Waals surface area contributed by atoms with Crippen molar-refractivity contribution in [1.82, 2.24) is 5.32 Å². The van der Waals surface area contributed by atoms with Gasteiger partial charge in [-0.2, -0.15) is 0 Å². The Bertz CT molecular complexity index is 477. The smallest absolute Gasteiger partial charge is 0.251 e. The van der Waals surface area contributed by atoms with E-state index in [0.29, 0.717) is 0 Å². The lowest BCUT2D eigenvalue weighted by Gasteiger charge is -2.25. The molecule has 0 spiro atoms. The fourth-order valence-electron chi connectivity index (χ4n) is 1.83. The van der Waals surface area contributed by atoms with Gasteiger partial charge in [0.25, 0.3) is 5.91 Å². The second-order valence-corrected chi connectivity index (χ2v) is 5.74. The number of benzene rings is 1. The minimum atomic E-state index is -1.15. The van der Waals surface area contributed by atoms with Gasteiger partial charge in [0.1, 0.15) is 5.75 Å². The highest BCUT2D eigenvalue weighted by Crippen LogP contribution is 2.20. The van der Waals surface area contributed by atoms with Crippen molar-refractivity contribution in [3.05, 3.63) is 29.8 Å². The number of halogens is 1. The van der Waals surface area contributed by atoms with Gasteiger partial charge in [-0.3, -0.25) is 9.59 Å². The molecule has 1 rings (SSSR count). The summed E-state index contributed by atoms with van der Waals surface area (Å²) in [6, 6.07) is 5.57. The van der Waals surface area contributed by atoms with Crippen LogP contribution in [0.1, 0.15) is 26.3 Å². The molecule has 0 radical (unpaired) electrons. The van der Waals surface area contributed by atoms with E-state index in [2.05, 4.69) is 5.32 Å². The molecule has 0 saturated carbocycles. The number of hydrogen-bond donors (Lipinski definition) is 2. The number of alkyl halides is 1. The molecule has 0 aliphatic rings. The maximum absolute atomic E-state index is 12.3. The molecule has 0 aromatic heterocycles. The first-order valence-corrected chi connectivity index (χ1v) is 6.41. The van der Waals surface area contributed by atoms with Crippen LogP contribution in [-0.2, 0) is 16.0 Å². The van der Waals surface area contributed by atoms with E-state index in [1.807, 2.05) is 0 Å². The number of rotatable bonds is 5. The zero-order chi connectivity index (χ0) is 15.3. The Labute approximate surface area is 118 Å². The minimum Gasteiger partial charge on any atom is -0.508 e. The molecule has 1 aromatic carbocycles. The van der Waals surface area contributed by atoms with Crippen molar-refractivity contribution in [3.63, 3.8) is 0 Å². The van der Waals surface area contributed by atoms with E-state index < -0.39 is 24.0 Å². The van der Waals surface area contributed by atoms with Gasteiger partial charge >= 0.3 is 0 Å². The Kier molecular flexibility index (Phi) is 5.25. The largest absolute Gasteiger partial charge is 0.508 e. The van der Waals surface area contributed by atoms with Gasteiger partial charge in [0, 0.05) is 5.41 Å². The highest BCUT2D eigenvalue weighted by atomic mass is 19.1. The SMILES string of the molecule is CC(C)(C)C(=O)[C@H](Cc1ccc(O)cc1)NC(=O)CF. The summed E-state index contributed by atoms with van der Waals surface area (Å²) < 4.78 is 12.3. The molecule has 20 heavy (non-hydrogen) atoms. The zero-order valence-corrected chi connectivity index (χ0v) is 11.9. The molecule has 0 heterocycles. The van der Waals surface area contributed by atoms with Gasteiger partial charge in [-0.25, -0.2) is 4.39 Å². The van der Waals surface area contributed by atoms with E-state index in [0.717, 1.165) is 5.56 Å². The average molecular weight is 281 g/mol. The number of carbonyl (C=O) groups is 2. The number of Topliss-reactive ketones (excluding diaryl/α,β-unsaturated/α-hetero) is 1. The minimum absolute atomic E-state index is 0.125. The topological polar surface area (TPSA) is 66.4 Å². The molecule has 1 aromatic rings. The maximum Gasteiger partial charge on any atom is 0.251 e. The van der Waals surface area contributed by atoms with Crippen molar-refractivity contribution in [2.45, 2.75) is 33.2 Å². The normalized spacial score (nSPS) is 12.8. The molecular weight excluding hydrogens is 261 g/mol. The van der Waals surface area contributed by atoms with Gasteiger partial charge in [0.2, 0.25) is 0 Å². The van der Waals surface area contributed by atoms with Crippen LogP contribution in [0.5, 0.6) is 5.75 Å². The van der Waals surface area contributed by atoms with E-state index in [-0.39, 0.29) is 18.0 Å². The number of hydrogen-bond acceptors (Lipinski definition) is 3. The van der Waals surface area contributed by atoms with E-state index >= 15 is 0 Å². The van der Waals surface area contributed by atoms with Gasteiger partial charge in [-0.15, -0.1) is 0 Å². The summed E-state index contributed by atoms with van der Waals surface area (Å²) in [4.78, 5) is 23.5. The number of amides is 1. The Morgan fingerprint density at radius 3 is 2.25 bits per heavy atom. The standard InChI is InChI=1S/C15H20FNO3/c1-15(2,3)14(20)12(17-13(19)9-16)8-10-4-6-11(18)7-5-10/h4-7,12,18H,8-9H2,1-3H3,(H,17,19)/t12-/m0/s1. The van der Waals surface area contributed by atoms with E-state index in [4.69, 9.17) is 0 Å². The first kappa shape index (κ1) is 16.1. The predicted octanol–water partition coefficient (Wildman–Crippen LogP) is 2.00. The summed E-state index contributed by atoms with van der Waals surface area (Å²) in [6.07, 6.45) is 0.266. The summed E-state index contributed by atoms with van der Waals surface area (Å²) in [5.41, 5.74) is 0.148. The molecule has 0 fully saturated rings. The third-order valence-corrected chi connectivity index (χ3v) is 2.89. The van der Waals surface area contributed by atoms with Crippen LogP contribution in [0.15, 0.2) is 24.3 Å². The molecule has 2 N–H and O–H groups in total. The van der Waals surface area contributed by atoms with E-state index in [9.17, 15) is 19.1 Å². The van der Waals surface area contributed by atoms with Crippen molar-refractivity contribution in [2.75, 3.05) is 6.67 Å². The lowest BCUT2D eigenvalue weighted by Crippen LogP contribution is -2.47. The van der Waals surface area contributed by atoms with Crippen molar-refractivity contribution in [2.24, 2.45) is 5.41 Å². The number of ketones is 1. The second-order valence-electron chi connectivity index (χ2n) is 5.74. The van der Waals surface area contributed by atoms with Gasteiger partial charge in [-0.05, 0) is 24.1 Å². The highest BCUT2D eigenvalue weighted by molar-refractivity contribution is 5.92. The van der Waals surface area contributed by atoms with Crippen LogP contribution in [0.2, 0.25) is 0 Å². The molecule has 5 heteroatoms. The first-order chi connectivity index (χ1) is 9.24. The number of nitrogens with one attached hydrogen (secondary N) is 1. The molecule has 1 atom stereocenters. The monoisotopic (exact) mass is 281 g/mol. The fraction of sp³-hybridized carbons (Fsp3) is 0.467. The van der Waals surface area contributed by atoms with Gasteiger partial charge in [0.05, 0.1) is 6.04 Å². The Morgan fingerprint density at radius 2 is 1.80 bits per heavy atom. The lowest BCUT2D eigenvalue weighted by molar-refractivity contribution is -0.132.